The molecule has 1 aliphatic rings. The molecule has 104 valence electrons. The lowest BCUT2D eigenvalue weighted by Crippen LogP contribution is -2.46. The van der Waals surface area contributed by atoms with E-state index < -0.39 is 5.38 Å². The summed E-state index contributed by atoms with van der Waals surface area (Å²) in [6, 6.07) is 9.75. The van der Waals surface area contributed by atoms with Gasteiger partial charge < -0.3 is 10.0 Å². The van der Waals surface area contributed by atoms with Gasteiger partial charge in [-0.15, -0.1) is 11.6 Å². The van der Waals surface area contributed by atoms with Crippen LogP contribution in [0.5, 0.6) is 0 Å². The summed E-state index contributed by atoms with van der Waals surface area (Å²) in [7, 11) is 0. The fourth-order valence-corrected chi connectivity index (χ4v) is 2.59. The number of hydrogen-bond acceptors (Lipinski definition) is 2. The molecule has 0 aromatic heterocycles. The van der Waals surface area contributed by atoms with Crippen LogP contribution in [0, 0.1) is 0 Å². The highest BCUT2D eigenvalue weighted by Gasteiger charge is 2.32. The molecule has 1 unspecified atom stereocenters. The lowest BCUT2D eigenvalue weighted by atomic mass is 9.91. The van der Waals surface area contributed by atoms with Crippen molar-refractivity contribution < 1.29 is 9.90 Å². The summed E-state index contributed by atoms with van der Waals surface area (Å²) in [4.78, 5) is 14.3. The summed E-state index contributed by atoms with van der Waals surface area (Å²) >= 11 is 6.30. The third kappa shape index (κ3) is 3.48. The summed E-state index contributed by atoms with van der Waals surface area (Å²) in [6.45, 7) is 0.699. The van der Waals surface area contributed by atoms with Crippen molar-refractivity contribution >= 4 is 17.5 Å². The molecule has 1 fully saturated rings. The molecule has 2 rings (SSSR count). The molecule has 1 aliphatic carbocycles. The Hall–Kier alpha value is -1.06. The molecule has 3 nitrogen and oxygen atoms in total. The molecule has 1 aromatic rings. The number of carbonyl (C=O) groups excluding carboxylic acids is 1. The quantitative estimate of drug-likeness (QED) is 0.815. The number of benzene rings is 1. The molecule has 1 aromatic carbocycles. The zero-order valence-corrected chi connectivity index (χ0v) is 11.7. The summed E-state index contributed by atoms with van der Waals surface area (Å²) in [6.07, 6.45) is 3.89. The maximum absolute atomic E-state index is 12.5. The van der Waals surface area contributed by atoms with Gasteiger partial charge in [0.2, 0.25) is 5.91 Å². The molecule has 0 saturated heterocycles. The Morgan fingerprint density at radius 3 is 2.58 bits per heavy atom. The van der Waals surface area contributed by atoms with Gasteiger partial charge in [0.05, 0.1) is 0 Å². The standard InChI is InChI=1S/C15H20ClNO2/c16-14(12-6-2-1-3-7-12)15(19)17(10-5-11-18)13-8-4-9-13/h1-3,6-7,13-14,18H,4-5,8-11H2. The fourth-order valence-electron chi connectivity index (χ4n) is 2.32. The van der Waals surface area contributed by atoms with Gasteiger partial charge in [-0.3, -0.25) is 4.79 Å². The van der Waals surface area contributed by atoms with Crippen molar-refractivity contribution in [3.63, 3.8) is 0 Å². The molecule has 0 aliphatic heterocycles. The Morgan fingerprint density at radius 1 is 1.37 bits per heavy atom. The Morgan fingerprint density at radius 2 is 2.05 bits per heavy atom. The molecule has 0 radical (unpaired) electrons. The van der Waals surface area contributed by atoms with Crippen LogP contribution in [0.2, 0.25) is 0 Å². The topological polar surface area (TPSA) is 40.5 Å². The van der Waals surface area contributed by atoms with Crippen LogP contribution in [0.4, 0.5) is 0 Å². The number of nitrogens with zero attached hydrogens (tertiary/aromatic N) is 1. The minimum Gasteiger partial charge on any atom is -0.396 e. The van der Waals surface area contributed by atoms with Gasteiger partial charge in [0.15, 0.2) is 0 Å². The van der Waals surface area contributed by atoms with Crippen molar-refractivity contribution in [2.24, 2.45) is 0 Å². The number of aliphatic hydroxyl groups excluding tert-OH is 1. The molecule has 1 N–H and O–H groups in total. The first-order valence-corrected chi connectivity index (χ1v) is 7.28. The molecule has 1 amide bonds. The molecule has 0 heterocycles. The largest absolute Gasteiger partial charge is 0.396 e. The van der Waals surface area contributed by atoms with E-state index in [9.17, 15) is 4.79 Å². The Bertz CT molecular complexity index is 406. The molecule has 0 spiro atoms. The molecule has 19 heavy (non-hydrogen) atoms. The van der Waals surface area contributed by atoms with Crippen LogP contribution in [-0.4, -0.2) is 35.1 Å². The SMILES string of the molecule is O=C(C(Cl)c1ccccc1)N(CCCO)C1CCC1. The van der Waals surface area contributed by atoms with E-state index in [2.05, 4.69) is 0 Å². The first-order valence-electron chi connectivity index (χ1n) is 6.84. The van der Waals surface area contributed by atoms with E-state index in [-0.39, 0.29) is 12.5 Å². The monoisotopic (exact) mass is 281 g/mol. The maximum Gasteiger partial charge on any atom is 0.245 e. The van der Waals surface area contributed by atoms with Crippen molar-refractivity contribution in [2.75, 3.05) is 13.2 Å². The molecular formula is C15H20ClNO2. The van der Waals surface area contributed by atoms with Crippen LogP contribution >= 0.6 is 11.6 Å². The zero-order valence-electron chi connectivity index (χ0n) is 11.0. The van der Waals surface area contributed by atoms with E-state index in [4.69, 9.17) is 16.7 Å². The van der Waals surface area contributed by atoms with E-state index in [0.29, 0.717) is 19.0 Å². The van der Waals surface area contributed by atoms with Crippen molar-refractivity contribution in [3.05, 3.63) is 35.9 Å². The Balaban J connectivity index is 2.05. The minimum absolute atomic E-state index is 0.0361. The second-order valence-electron chi connectivity index (χ2n) is 4.97. The van der Waals surface area contributed by atoms with Crippen LogP contribution in [0.1, 0.15) is 36.6 Å². The van der Waals surface area contributed by atoms with Crippen LogP contribution in [0.15, 0.2) is 30.3 Å². The van der Waals surface area contributed by atoms with Crippen LogP contribution in [-0.2, 0) is 4.79 Å². The smallest absolute Gasteiger partial charge is 0.245 e. The Labute approximate surface area is 119 Å². The predicted octanol–water partition coefficient (Wildman–Crippen LogP) is 2.73. The first-order chi connectivity index (χ1) is 9.24. The van der Waals surface area contributed by atoms with E-state index in [1.54, 1.807) is 0 Å². The lowest BCUT2D eigenvalue weighted by molar-refractivity contribution is -0.135. The summed E-state index contributed by atoms with van der Waals surface area (Å²) in [5.41, 5.74) is 0.836. The molecule has 0 bridgehead atoms. The number of rotatable bonds is 6. The molecular weight excluding hydrogens is 262 g/mol. The fraction of sp³-hybridized carbons (Fsp3) is 0.533. The zero-order chi connectivity index (χ0) is 13.7. The second-order valence-corrected chi connectivity index (χ2v) is 5.40. The van der Waals surface area contributed by atoms with Gasteiger partial charge in [-0.2, -0.15) is 0 Å². The molecule has 4 heteroatoms. The highest BCUT2D eigenvalue weighted by Crippen LogP contribution is 2.30. The van der Waals surface area contributed by atoms with E-state index in [1.165, 1.54) is 6.42 Å². The van der Waals surface area contributed by atoms with Crippen molar-refractivity contribution in [2.45, 2.75) is 37.1 Å². The predicted molar refractivity (Wildman–Crippen MR) is 76.1 cm³/mol. The highest BCUT2D eigenvalue weighted by atomic mass is 35.5. The van der Waals surface area contributed by atoms with Gasteiger partial charge in [0, 0.05) is 19.2 Å². The summed E-state index contributed by atoms with van der Waals surface area (Å²) < 4.78 is 0. The summed E-state index contributed by atoms with van der Waals surface area (Å²) in [5.74, 6) is -0.0361. The number of halogens is 1. The number of amides is 1. The van der Waals surface area contributed by atoms with E-state index in [0.717, 1.165) is 18.4 Å². The average Bonchev–Trinajstić information content (AvgIpc) is 2.40. The normalized spacial score (nSPS) is 16.7. The highest BCUT2D eigenvalue weighted by molar-refractivity contribution is 6.30. The summed E-state index contributed by atoms with van der Waals surface area (Å²) in [5, 5.41) is 8.33. The van der Waals surface area contributed by atoms with Gasteiger partial charge >= 0.3 is 0 Å². The second kappa shape index (κ2) is 6.92. The van der Waals surface area contributed by atoms with Gasteiger partial charge in [-0.05, 0) is 31.2 Å². The number of alkyl halides is 1. The average molecular weight is 282 g/mol. The van der Waals surface area contributed by atoms with Crippen molar-refractivity contribution in [3.8, 4) is 0 Å². The maximum atomic E-state index is 12.5. The molecule has 1 saturated carbocycles. The van der Waals surface area contributed by atoms with E-state index >= 15 is 0 Å². The third-order valence-corrected chi connectivity index (χ3v) is 4.10. The van der Waals surface area contributed by atoms with Crippen molar-refractivity contribution in [1.29, 1.82) is 0 Å². The van der Waals surface area contributed by atoms with E-state index in [1.807, 2.05) is 35.2 Å². The lowest BCUT2D eigenvalue weighted by Gasteiger charge is -2.38. The van der Waals surface area contributed by atoms with Gasteiger partial charge in [0.1, 0.15) is 5.38 Å². The number of hydrogen-bond donors (Lipinski definition) is 1. The van der Waals surface area contributed by atoms with Gasteiger partial charge in [0.25, 0.3) is 0 Å². The number of carbonyl (C=O) groups is 1. The van der Waals surface area contributed by atoms with Crippen molar-refractivity contribution in [1.82, 2.24) is 4.90 Å². The van der Waals surface area contributed by atoms with Gasteiger partial charge in [-0.1, -0.05) is 30.3 Å². The van der Waals surface area contributed by atoms with Crippen LogP contribution in [0.3, 0.4) is 0 Å². The van der Waals surface area contributed by atoms with Crippen LogP contribution in [0.25, 0.3) is 0 Å². The first kappa shape index (κ1) is 14.4. The number of aliphatic hydroxyl groups is 1. The van der Waals surface area contributed by atoms with Gasteiger partial charge in [-0.25, -0.2) is 0 Å². The Kier molecular flexibility index (Phi) is 5.23. The third-order valence-electron chi connectivity index (χ3n) is 3.66. The molecule has 1 atom stereocenters. The van der Waals surface area contributed by atoms with Crippen LogP contribution < -0.4 is 0 Å². The minimum atomic E-state index is -0.625.